The van der Waals surface area contributed by atoms with Crippen LogP contribution < -0.4 is 11.5 Å². The Labute approximate surface area is 75.2 Å². The number of carbonyl (C=O) groups is 3. The Balaban J connectivity index is 3.75. The van der Waals surface area contributed by atoms with Crippen molar-refractivity contribution in [2.45, 2.75) is 25.8 Å². The van der Waals surface area contributed by atoms with Gasteiger partial charge in [0, 0.05) is 6.42 Å². The lowest BCUT2D eigenvalue weighted by atomic mass is 10.3. The molecule has 1 atom stereocenters. The zero-order valence-electron chi connectivity index (χ0n) is 7.28. The maximum Gasteiger partial charge on any atom is 0.330 e. The van der Waals surface area contributed by atoms with Crippen LogP contribution >= 0.6 is 0 Å². The molecule has 0 fully saturated rings. The Kier molecular flexibility index (Phi) is 4.68. The van der Waals surface area contributed by atoms with Crippen LogP contribution in [0.1, 0.15) is 19.8 Å². The summed E-state index contributed by atoms with van der Waals surface area (Å²) in [7, 11) is 0. The lowest BCUT2D eigenvalue weighted by molar-refractivity contribution is -0.160. The summed E-state index contributed by atoms with van der Waals surface area (Å²) >= 11 is 0. The second kappa shape index (κ2) is 5.26. The average Bonchev–Trinajstić information content (AvgIpc) is 2.00. The molecule has 13 heavy (non-hydrogen) atoms. The van der Waals surface area contributed by atoms with Crippen LogP contribution in [0.3, 0.4) is 0 Å². The Morgan fingerprint density at radius 3 is 2.23 bits per heavy atom. The lowest BCUT2D eigenvalue weighted by Crippen LogP contribution is -2.30. The van der Waals surface area contributed by atoms with Crippen molar-refractivity contribution in [1.29, 1.82) is 0 Å². The highest BCUT2D eigenvalue weighted by Gasteiger charge is 2.14. The Morgan fingerprint density at radius 2 is 1.85 bits per heavy atom. The number of amides is 1. The quantitative estimate of drug-likeness (QED) is 0.419. The molecule has 0 saturated heterocycles. The van der Waals surface area contributed by atoms with Gasteiger partial charge in [0.15, 0.2) is 0 Å². The second-order valence-corrected chi connectivity index (χ2v) is 2.55. The molecule has 4 N–H and O–H groups in total. The van der Waals surface area contributed by atoms with Gasteiger partial charge in [0.2, 0.25) is 5.91 Å². The fourth-order valence-corrected chi connectivity index (χ4v) is 0.481. The number of primary amides is 1. The fraction of sp³-hybridized carbons (Fsp3) is 0.571. The first-order valence-corrected chi connectivity index (χ1v) is 3.72. The van der Waals surface area contributed by atoms with Crippen LogP contribution in [0.2, 0.25) is 0 Å². The van der Waals surface area contributed by atoms with Crippen molar-refractivity contribution in [2.24, 2.45) is 11.5 Å². The van der Waals surface area contributed by atoms with E-state index in [0.717, 1.165) is 0 Å². The van der Waals surface area contributed by atoms with Crippen LogP contribution in [0.25, 0.3) is 0 Å². The predicted molar refractivity (Wildman–Crippen MR) is 43.2 cm³/mol. The van der Waals surface area contributed by atoms with E-state index < -0.39 is 23.9 Å². The highest BCUT2D eigenvalue weighted by Crippen LogP contribution is 1.93. The van der Waals surface area contributed by atoms with Crippen molar-refractivity contribution in [3.63, 3.8) is 0 Å². The smallest absolute Gasteiger partial charge is 0.330 e. The molecule has 0 rings (SSSR count). The van der Waals surface area contributed by atoms with E-state index in [0.29, 0.717) is 0 Å². The summed E-state index contributed by atoms with van der Waals surface area (Å²) in [6.07, 6.45) is -0.334. The minimum atomic E-state index is -0.850. The topological polar surface area (TPSA) is 112 Å². The molecule has 0 aromatic rings. The molecule has 0 spiro atoms. The van der Waals surface area contributed by atoms with Crippen LogP contribution in [0.5, 0.6) is 0 Å². The van der Waals surface area contributed by atoms with Crippen LogP contribution in [-0.4, -0.2) is 23.9 Å². The lowest BCUT2D eigenvalue weighted by Gasteiger charge is -2.03. The Morgan fingerprint density at radius 1 is 1.31 bits per heavy atom. The molecule has 6 nitrogen and oxygen atoms in total. The zero-order chi connectivity index (χ0) is 10.4. The molecule has 74 valence electrons. The molecule has 0 bridgehead atoms. The standard InChI is InChI=1S/C7H12N2O4/c1-4(8)7(12)13-6(11)3-2-5(9)10/h4H,2-3,8H2,1H3,(H2,9,10). The third-order valence-corrected chi connectivity index (χ3v) is 1.16. The zero-order valence-corrected chi connectivity index (χ0v) is 7.28. The van der Waals surface area contributed by atoms with Gasteiger partial charge in [-0.25, -0.2) is 4.79 Å². The maximum atomic E-state index is 10.8. The number of hydrogen-bond acceptors (Lipinski definition) is 5. The van der Waals surface area contributed by atoms with Gasteiger partial charge >= 0.3 is 11.9 Å². The van der Waals surface area contributed by atoms with Gasteiger partial charge in [0.25, 0.3) is 0 Å². The van der Waals surface area contributed by atoms with Gasteiger partial charge in [-0.3, -0.25) is 9.59 Å². The SMILES string of the molecule is CC(N)C(=O)OC(=O)CCC(N)=O. The number of nitrogens with two attached hydrogens (primary N) is 2. The van der Waals surface area contributed by atoms with Crippen LogP contribution in [0.15, 0.2) is 0 Å². The van der Waals surface area contributed by atoms with E-state index in [4.69, 9.17) is 11.5 Å². The minimum Gasteiger partial charge on any atom is -0.392 e. The number of ether oxygens (including phenoxy) is 1. The number of rotatable bonds is 4. The monoisotopic (exact) mass is 188 g/mol. The molecule has 1 amide bonds. The first kappa shape index (κ1) is 11.6. The first-order valence-electron chi connectivity index (χ1n) is 3.72. The Hall–Kier alpha value is -1.43. The van der Waals surface area contributed by atoms with Crippen molar-refractivity contribution >= 4 is 17.8 Å². The predicted octanol–water partition coefficient (Wildman–Crippen LogP) is -1.33. The second-order valence-electron chi connectivity index (χ2n) is 2.55. The van der Waals surface area contributed by atoms with Crippen molar-refractivity contribution in [3.8, 4) is 0 Å². The van der Waals surface area contributed by atoms with Crippen molar-refractivity contribution in [3.05, 3.63) is 0 Å². The summed E-state index contributed by atoms with van der Waals surface area (Å²) in [4.78, 5) is 31.7. The largest absolute Gasteiger partial charge is 0.392 e. The van der Waals surface area contributed by atoms with Crippen LogP contribution in [0.4, 0.5) is 0 Å². The Bertz CT molecular complexity index is 225. The summed E-state index contributed by atoms with van der Waals surface area (Å²) in [5.74, 6) is -2.22. The summed E-state index contributed by atoms with van der Waals surface area (Å²) in [6.45, 7) is 1.39. The molecule has 0 aliphatic rings. The van der Waals surface area contributed by atoms with Crippen LogP contribution in [0, 0.1) is 0 Å². The molecular weight excluding hydrogens is 176 g/mol. The number of hydrogen-bond donors (Lipinski definition) is 2. The molecule has 0 saturated carbocycles. The van der Waals surface area contributed by atoms with Gasteiger partial charge in [-0.05, 0) is 6.92 Å². The highest BCUT2D eigenvalue weighted by atomic mass is 16.6. The van der Waals surface area contributed by atoms with Crippen molar-refractivity contribution in [2.75, 3.05) is 0 Å². The molecule has 0 aromatic carbocycles. The molecule has 0 aromatic heterocycles. The van der Waals surface area contributed by atoms with E-state index in [1.165, 1.54) is 6.92 Å². The average molecular weight is 188 g/mol. The van der Waals surface area contributed by atoms with Gasteiger partial charge < -0.3 is 16.2 Å². The van der Waals surface area contributed by atoms with E-state index in [9.17, 15) is 14.4 Å². The molecule has 0 aliphatic carbocycles. The fourth-order valence-electron chi connectivity index (χ4n) is 0.481. The van der Waals surface area contributed by atoms with E-state index in [2.05, 4.69) is 4.74 Å². The van der Waals surface area contributed by atoms with Gasteiger partial charge in [-0.1, -0.05) is 0 Å². The molecule has 0 aliphatic heterocycles. The van der Waals surface area contributed by atoms with E-state index >= 15 is 0 Å². The normalized spacial score (nSPS) is 11.8. The third-order valence-electron chi connectivity index (χ3n) is 1.16. The molecule has 0 heterocycles. The van der Waals surface area contributed by atoms with Crippen LogP contribution in [-0.2, 0) is 19.1 Å². The van der Waals surface area contributed by atoms with Gasteiger partial charge in [-0.15, -0.1) is 0 Å². The molecule has 0 radical (unpaired) electrons. The summed E-state index contributed by atoms with van der Waals surface area (Å²) in [6, 6.07) is -0.850. The molecule has 6 heteroatoms. The van der Waals surface area contributed by atoms with E-state index in [1.54, 1.807) is 0 Å². The maximum absolute atomic E-state index is 10.8. The third kappa shape index (κ3) is 5.80. The van der Waals surface area contributed by atoms with E-state index in [1.807, 2.05) is 0 Å². The summed E-state index contributed by atoms with van der Waals surface area (Å²) in [5, 5.41) is 0. The molecular formula is C7H12N2O4. The number of esters is 2. The summed E-state index contributed by atoms with van der Waals surface area (Å²) < 4.78 is 4.25. The number of carbonyl (C=O) groups excluding carboxylic acids is 3. The van der Waals surface area contributed by atoms with Crippen molar-refractivity contribution < 1.29 is 19.1 Å². The highest BCUT2D eigenvalue weighted by molar-refractivity contribution is 5.89. The summed E-state index contributed by atoms with van der Waals surface area (Å²) in [5.41, 5.74) is 9.90. The van der Waals surface area contributed by atoms with Gasteiger partial charge in [-0.2, -0.15) is 0 Å². The minimum absolute atomic E-state index is 0.134. The van der Waals surface area contributed by atoms with Gasteiger partial charge in [0.05, 0.1) is 6.42 Å². The van der Waals surface area contributed by atoms with Gasteiger partial charge in [0.1, 0.15) is 6.04 Å². The molecule has 1 unspecified atom stereocenters. The first-order chi connectivity index (χ1) is 5.93. The van der Waals surface area contributed by atoms with E-state index in [-0.39, 0.29) is 12.8 Å². The van der Waals surface area contributed by atoms with Crippen molar-refractivity contribution in [1.82, 2.24) is 0 Å².